The predicted molar refractivity (Wildman–Crippen MR) is 71.8 cm³/mol. The Kier molecular flexibility index (Phi) is 5.60. The Labute approximate surface area is 122 Å². The van der Waals surface area contributed by atoms with E-state index in [-0.39, 0.29) is 6.10 Å². The van der Waals surface area contributed by atoms with Gasteiger partial charge in [0.15, 0.2) is 0 Å². The first-order valence-electron chi connectivity index (χ1n) is 7.09. The number of nitrogens with one attached hydrogen (secondary N) is 1. The standard InChI is InChI=1S/C13H21F3N4O/c1-2-19-5-6-21-11(9-19)7-17-8-12-18-3-4-20(12)10-13(14,15)16/h3-4,11,17H,2,5-10H2,1H3/t11-/m1/s1. The molecular formula is C13H21F3N4O. The van der Waals surface area contributed by atoms with Crippen LogP contribution < -0.4 is 5.32 Å². The maximum Gasteiger partial charge on any atom is 0.406 e. The SMILES string of the molecule is CCN1CCO[C@H](CNCc2nccn2CC(F)(F)F)C1. The zero-order chi connectivity index (χ0) is 15.3. The van der Waals surface area contributed by atoms with Gasteiger partial charge in [0.1, 0.15) is 12.4 Å². The van der Waals surface area contributed by atoms with Crippen molar-refractivity contribution in [2.75, 3.05) is 32.8 Å². The molecule has 1 N–H and O–H groups in total. The largest absolute Gasteiger partial charge is 0.406 e. The number of aromatic nitrogens is 2. The van der Waals surface area contributed by atoms with Gasteiger partial charge >= 0.3 is 6.18 Å². The minimum atomic E-state index is -4.23. The maximum atomic E-state index is 12.4. The third kappa shape index (κ3) is 5.29. The highest BCUT2D eigenvalue weighted by atomic mass is 19.4. The van der Waals surface area contributed by atoms with Crippen LogP contribution in [0.3, 0.4) is 0 Å². The molecule has 0 saturated carbocycles. The van der Waals surface area contributed by atoms with Crippen LogP contribution in [0, 0.1) is 0 Å². The van der Waals surface area contributed by atoms with Gasteiger partial charge < -0.3 is 14.6 Å². The molecular weight excluding hydrogens is 285 g/mol. The number of alkyl halides is 3. The monoisotopic (exact) mass is 306 g/mol. The Hall–Kier alpha value is -1.12. The lowest BCUT2D eigenvalue weighted by Crippen LogP contribution is -2.46. The molecule has 5 nitrogen and oxygen atoms in total. The number of hydrogen-bond acceptors (Lipinski definition) is 4. The van der Waals surface area contributed by atoms with Crippen LogP contribution in [0.4, 0.5) is 13.2 Å². The van der Waals surface area contributed by atoms with Crippen molar-refractivity contribution in [3.05, 3.63) is 18.2 Å². The van der Waals surface area contributed by atoms with Gasteiger partial charge in [0, 0.05) is 32.0 Å². The predicted octanol–water partition coefficient (Wildman–Crippen LogP) is 1.26. The van der Waals surface area contributed by atoms with Crippen molar-refractivity contribution < 1.29 is 17.9 Å². The molecule has 2 rings (SSSR count). The molecule has 0 spiro atoms. The number of nitrogens with zero attached hydrogens (tertiary/aromatic N) is 3. The molecule has 1 aromatic rings. The lowest BCUT2D eigenvalue weighted by Gasteiger charge is -2.32. The third-order valence-corrected chi connectivity index (χ3v) is 3.48. The van der Waals surface area contributed by atoms with Gasteiger partial charge in [-0.3, -0.25) is 4.90 Å². The van der Waals surface area contributed by atoms with E-state index >= 15 is 0 Å². The molecule has 1 aliphatic heterocycles. The molecule has 2 heterocycles. The summed E-state index contributed by atoms with van der Waals surface area (Å²) >= 11 is 0. The number of rotatable bonds is 6. The molecule has 120 valence electrons. The van der Waals surface area contributed by atoms with Crippen LogP contribution in [0.25, 0.3) is 0 Å². The third-order valence-electron chi connectivity index (χ3n) is 3.48. The second kappa shape index (κ2) is 7.24. The number of ether oxygens (including phenoxy) is 1. The summed E-state index contributed by atoms with van der Waals surface area (Å²) in [5.41, 5.74) is 0. The average molecular weight is 306 g/mol. The van der Waals surface area contributed by atoms with Crippen LogP contribution in [-0.2, 0) is 17.8 Å². The number of morpholine rings is 1. The molecule has 0 aromatic carbocycles. The Morgan fingerprint density at radius 3 is 3.00 bits per heavy atom. The van der Waals surface area contributed by atoms with Crippen molar-refractivity contribution >= 4 is 0 Å². The summed E-state index contributed by atoms with van der Waals surface area (Å²) in [6.45, 7) is 5.46. The van der Waals surface area contributed by atoms with Gasteiger partial charge in [0.2, 0.25) is 0 Å². The first-order chi connectivity index (χ1) is 9.98. The summed E-state index contributed by atoms with van der Waals surface area (Å²) in [4.78, 5) is 6.26. The Morgan fingerprint density at radius 1 is 1.48 bits per heavy atom. The van der Waals surface area contributed by atoms with E-state index in [4.69, 9.17) is 4.74 Å². The van der Waals surface area contributed by atoms with E-state index in [1.807, 2.05) is 0 Å². The second-order valence-electron chi connectivity index (χ2n) is 5.10. The molecule has 0 radical (unpaired) electrons. The molecule has 0 unspecified atom stereocenters. The fraction of sp³-hybridized carbons (Fsp3) is 0.769. The van der Waals surface area contributed by atoms with Gasteiger partial charge in [0.25, 0.3) is 0 Å². The molecule has 1 saturated heterocycles. The Morgan fingerprint density at radius 2 is 2.29 bits per heavy atom. The fourth-order valence-corrected chi connectivity index (χ4v) is 2.38. The van der Waals surface area contributed by atoms with E-state index in [1.54, 1.807) is 0 Å². The smallest absolute Gasteiger partial charge is 0.374 e. The molecule has 1 fully saturated rings. The highest BCUT2D eigenvalue weighted by molar-refractivity contribution is 4.93. The summed E-state index contributed by atoms with van der Waals surface area (Å²) < 4.78 is 43.9. The molecule has 8 heteroatoms. The van der Waals surface area contributed by atoms with Crippen molar-refractivity contribution in [2.45, 2.75) is 32.3 Å². The maximum absolute atomic E-state index is 12.4. The van der Waals surface area contributed by atoms with Gasteiger partial charge in [-0.15, -0.1) is 0 Å². The van der Waals surface area contributed by atoms with Crippen molar-refractivity contribution in [3.8, 4) is 0 Å². The Bertz CT molecular complexity index is 435. The van der Waals surface area contributed by atoms with Gasteiger partial charge in [0.05, 0.1) is 19.3 Å². The van der Waals surface area contributed by atoms with Crippen LogP contribution in [-0.4, -0.2) is 59.5 Å². The number of likely N-dealkylation sites (N-methyl/N-ethyl adjacent to an activating group) is 1. The van der Waals surface area contributed by atoms with Crippen LogP contribution in [0.15, 0.2) is 12.4 Å². The second-order valence-corrected chi connectivity index (χ2v) is 5.10. The van der Waals surface area contributed by atoms with E-state index in [2.05, 4.69) is 22.1 Å². The van der Waals surface area contributed by atoms with E-state index in [1.165, 1.54) is 12.4 Å². The Balaban J connectivity index is 1.77. The number of hydrogen-bond donors (Lipinski definition) is 1. The molecule has 0 amide bonds. The molecule has 1 atom stereocenters. The minimum Gasteiger partial charge on any atom is -0.374 e. The van der Waals surface area contributed by atoms with Gasteiger partial charge in [-0.25, -0.2) is 4.98 Å². The summed E-state index contributed by atoms with van der Waals surface area (Å²) in [5, 5.41) is 3.13. The average Bonchev–Trinajstić information content (AvgIpc) is 2.84. The molecule has 0 aliphatic carbocycles. The van der Waals surface area contributed by atoms with Gasteiger partial charge in [-0.05, 0) is 6.54 Å². The van der Waals surface area contributed by atoms with Crippen molar-refractivity contribution in [3.63, 3.8) is 0 Å². The molecule has 21 heavy (non-hydrogen) atoms. The van der Waals surface area contributed by atoms with Crippen molar-refractivity contribution in [1.82, 2.24) is 19.8 Å². The summed E-state index contributed by atoms with van der Waals surface area (Å²) in [6.07, 6.45) is -1.42. The lowest BCUT2D eigenvalue weighted by molar-refractivity contribution is -0.141. The zero-order valence-corrected chi connectivity index (χ0v) is 12.1. The zero-order valence-electron chi connectivity index (χ0n) is 12.1. The van der Waals surface area contributed by atoms with E-state index < -0.39 is 12.7 Å². The minimum absolute atomic E-state index is 0.0738. The van der Waals surface area contributed by atoms with Crippen molar-refractivity contribution in [1.29, 1.82) is 0 Å². The van der Waals surface area contributed by atoms with Crippen LogP contribution >= 0.6 is 0 Å². The topological polar surface area (TPSA) is 42.3 Å². The number of halogens is 3. The summed E-state index contributed by atoms with van der Waals surface area (Å²) in [6, 6.07) is 0. The first-order valence-corrected chi connectivity index (χ1v) is 7.09. The van der Waals surface area contributed by atoms with Crippen LogP contribution in [0.5, 0.6) is 0 Å². The van der Waals surface area contributed by atoms with E-state index in [0.29, 0.717) is 25.5 Å². The van der Waals surface area contributed by atoms with E-state index in [0.717, 1.165) is 24.2 Å². The quantitative estimate of drug-likeness (QED) is 0.859. The highest BCUT2D eigenvalue weighted by Crippen LogP contribution is 2.18. The van der Waals surface area contributed by atoms with Crippen molar-refractivity contribution in [2.24, 2.45) is 0 Å². The number of imidazole rings is 1. The van der Waals surface area contributed by atoms with E-state index in [9.17, 15) is 13.2 Å². The summed E-state index contributed by atoms with van der Waals surface area (Å²) in [7, 11) is 0. The first kappa shape index (κ1) is 16.3. The fourth-order valence-electron chi connectivity index (χ4n) is 2.38. The van der Waals surface area contributed by atoms with Gasteiger partial charge in [-0.2, -0.15) is 13.2 Å². The summed E-state index contributed by atoms with van der Waals surface area (Å²) in [5.74, 6) is 0.385. The van der Waals surface area contributed by atoms with Crippen LogP contribution in [0.2, 0.25) is 0 Å². The lowest BCUT2D eigenvalue weighted by atomic mass is 10.2. The van der Waals surface area contributed by atoms with Gasteiger partial charge in [-0.1, -0.05) is 6.92 Å². The van der Waals surface area contributed by atoms with Crippen LogP contribution in [0.1, 0.15) is 12.7 Å². The highest BCUT2D eigenvalue weighted by Gasteiger charge is 2.28. The normalized spacial score (nSPS) is 20.9. The molecule has 1 aliphatic rings. The molecule has 1 aromatic heterocycles. The molecule has 0 bridgehead atoms.